The lowest BCUT2D eigenvalue weighted by atomic mass is 9.84. The highest BCUT2D eigenvalue weighted by Crippen LogP contribution is 2.34. The highest BCUT2D eigenvalue weighted by molar-refractivity contribution is 5.97. The molecule has 0 bridgehead atoms. The Balaban J connectivity index is 1.26. The summed E-state index contributed by atoms with van der Waals surface area (Å²) in [6, 6.07) is 16.4. The first-order chi connectivity index (χ1) is 18.6. The first-order valence-corrected chi connectivity index (χ1v) is 12.6. The Hall–Kier alpha value is -4.63. The molecule has 1 fully saturated rings. The van der Waals surface area contributed by atoms with Gasteiger partial charge in [0.25, 0.3) is 0 Å². The zero-order valence-electron chi connectivity index (χ0n) is 20.3. The van der Waals surface area contributed by atoms with E-state index in [1.54, 1.807) is 42.9 Å². The average Bonchev–Trinajstić information content (AvgIpc) is 3.52. The summed E-state index contributed by atoms with van der Waals surface area (Å²) in [4.78, 5) is 16.8. The number of aliphatic hydroxyl groups excluding tert-OH is 1. The highest BCUT2D eigenvalue weighted by atomic mass is 19.1. The molecule has 0 spiro atoms. The van der Waals surface area contributed by atoms with Crippen molar-refractivity contribution in [1.29, 1.82) is 0 Å². The van der Waals surface area contributed by atoms with Crippen molar-refractivity contribution in [3.63, 3.8) is 0 Å². The van der Waals surface area contributed by atoms with Crippen molar-refractivity contribution in [2.45, 2.75) is 25.5 Å². The minimum atomic E-state index is -0.570. The van der Waals surface area contributed by atoms with Crippen LogP contribution in [0.5, 0.6) is 0 Å². The van der Waals surface area contributed by atoms with Crippen molar-refractivity contribution >= 4 is 27.8 Å². The van der Waals surface area contributed by atoms with Gasteiger partial charge in [-0.3, -0.25) is 10.1 Å². The molecule has 8 nitrogen and oxygen atoms in total. The van der Waals surface area contributed by atoms with Crippen LogP contribution in [0, 0.1) is 11.7 Å². The van der Waals surface area contributed by atoms with Crippen LogP contribution in [0.2, 0.25) is 0 Å². The van der Waals surface area contributed by atoms with Crippen LogP contribution in [0.25, 0.3) is 55.8 Å². The van der Waals surface area contributed by atoms with Gasteiger partial charge in [0, 0.05) is 40.4 Å². The number of benzene rings is 2. The number of aromatic nitrogens is 6. The van der Waals surface area contributed by atoms with E-state index in [0.717, 1.165) is 40.6 Å². The van der Waals surface area contributed by atoms with Gasteiger partial charge in [0.1, 0.15) is 17.7 Å². The third kappa shape index (κ3) is 3.88. The molecule has 6 aromatic rings. The second-order valence-corrected chi connectivity index (χ2v) is 9.70. The molecular formula is C29H24FN7O. The molecule has 1 atom stereocenters. The average molecular weight is 506 g/mol. The number of aromatic amines is 2. The highest BCUT2D eigenvalue weighted by Gasteiger charge is 2.25. The molecule has 1 aliphatic carbocycles. The van der Waals surface area contributed by atoms with Crippen LogP contribution in [0.15, 0.2) is 73.2 Å². The normalized spacial score (nSPS) is 14.6. The minimum Gasteiger partial charge on any atom is -0.374 e. The van der Waals surface area contributed by atoms with Crippen molar-refractivity contribution < 1.29 is 9.50 Å². The maximum absolute atomic E-state index is 14.6. The van der Waals surface area contributed by atoms with Crippen LogP contribution in [-0.4, -0.2) is 41.5 Å². The number of imidazole rings is 1. The van der Waals surface area contributed by atoms with Gasteiger partial charge in [0.15, 0.2) is 11.5 Å². The van der Waals surface area contributed by atoms with Crippen molar-refractivity contribution in [1.82, 2.24) is 30.1 Å². The fourth-order valence-electron chi connectivity index (χ4n) is 5.02. The Morgan fingerprint density at radius 3 is 2.74 bits per heavy atom. The van der Waals surface area contributed by atoms with Crippen molar-refractivity contribution in [2.75, 3.05) is 5.32 Å². The summed E-state index contributed by atoms with van der Waals surface area (Å²) in [5.41, 5.74) is 6.44. The summed E-state index contributed by atoms with van der Waals surface area (Å²) in [7, 11) is 0. The number of nitrogens with one attached hydrogen (secondary N) is 3. The minimum absolute atomic E-state index is 0.292. The Morgan fingerprint density at radius 2 is 1.89 bits per heavy atom. The van der Waals surface area contributed by atoms with E-state index in [1.807, 2.05) is 24.3 Å². The standard InChI is InChI=1S/C29H24FN7O/c30-23-7-2-1-6-20(23)21-10-11-32-27-25(21)34-28(35-27)26-22-13-17(8-9-24(22)36-37-26)18-12-19(15-31-14-18)33-29(38)16-4-3-5-16/h1-2,6-16,29,33,38H,3-5H2,(H,36,37)(H,32,34,35). The lowest BCUT2D eigenvalue weighted by molar-refractivity contribution is 0.0851. The molecular weight excluding hydrogens is 481 g/mol. The van der Waals surface area contributed by atoms with Crippen LogP contribution in [-0.2, 0) is 0 Å². The molecule has 188 valence electrons. The summed E-state index contributed by atoms with van der Waals surface area (Å²) in [6.45, 7) is 0. The predicted molar refractivity (Wildman–Crippen MR) is 145 cm³/mol. The van der Waals surface area contributed by atoms with E-state index in [4.69, 9.17) is 0 Å². The number of halogens is 1. The van der Waals surface area contributed by atoms with E-state index in [9.17, 15) is 9.50 Å². The number of H-pyrrole nitrogens is 2. The summed E-state index contributed by atoms with van der Waals surface area (Å²) in [5.74, 6) is 0.522. The number of hydrogen-bond donors (Lipinski definition) is 4. The Labute approximate surface area is 217 Å². The van der Waals surface area contributed by atoms with Gasteiger partial charge in [-0.2, -0.15) is 5.10 Å². The molecule has 1 saturated carbocycles. The van der Waals surface area contributed by atoms with Gasteiger partial charge in [-0.1, -0.05) is 30.7 Å². The summed E-state index contributed by atoms with van der Waals surface area (Å²) in [6.07, 6.45) is 7.83. The fourth-order valence-corrected chi connectivity index (χ4v) is 5.02. The monoisotopic (exact) mass is 505 g/mol. The first kappa shape index (κ1) is 22.6. The van der Waals surface area contributed by atoms with Gasteiger partial charge in [-0.25, -0.2) is 14.4 Å². The number of hydrogen-bond acceptors (Lipinski definition) is 6. The number of anilines is 1. The molecule has 0 saturated heterocycles. The third-order valence-corrected chi connectivity index (χ3v) is 7.33. The van der Waals surface area contributed by atoms with Crippen LogP contribution >= 0.6 is 0 Å². The number of pyridine rings is 2. The maximum Gasteiger partial charge on any atom is 0.178 e. The quantitative estimate of drug-likeness (QED) is 0.210. The molecule has 9 heteroatoms. The molecule has 2 aromatic carbocycles. The molecule has 38 heavy (non-hydrogen) atoms. The lowest BCUT2D eigenvalue weighted by Crippen LogP contribution is -2.33. The zero-order chi connectivity index (χ0) is 25.6. The Kier molecular flexibility index (Phi) is 5.36. The lowest BCUT2D eigenvalue weighted by Gasteiger charge is -2.31. The van der Waals surface area contributed by atoms with E-state index >= 15 is 0 Å². The third-order valence-electron chi connectivity index (χ3n) is 7.33. The number of aliphatic hydroxyl groups is 1. The second kappa shape index (κ2) is 9.04. The largest absolute Gasteiger partial charge is 0.374 e. The van der Waals surface area contributed by atoms with Gasteiger partial charge in [0.2, 0.25) is 0 Å². The van der Waals surface area contributed by atoms with E-state index in [2.05, 4.69) is 35.5 Å². The van der Waals surface area contributed by atoms with Gasteiger partial charge >= 0.3 is 0 Å². The van der Waals surface area contributed by atoms with Gasteiger partial charge in [-0.05, 0) is 48.7 Å². The van der Waals surface area contributed by atoms with Crippen molar-refractivity contribution in [2.24, 2.45) is 5.92 Å². The second-order valence-electron chi connectivity index (χ2n) is 9.70. The molecule has 0 radical (unpaired) electrons. The van der Waals surface area contributed by atoms with Gasteiger partial charge in [0.05, 0.1) is 22.9 Å². The van der Waals surface area contributed by atoms with Gasteiger partial charge < -0.3 is 15.4 Å². The summed E-state index contributed by atoms with van der Waals surface area (Å²) in [5, 5.41) is 22.1. The van der Waals surface area contributed by atoms with E-state index in [-0.39, 0.29) is 5.82 Å². The Morgan fingerprint density at radius 1 is 1.00 bits per heavy atom. The molecule has 4 aromatic heterocycles. The molecule has 0 aliphatic heterocycles. The van der Waals surface area contributed by atoms with Crippen LogP contribution in [0.4, 0.5) is 10.1 Å². The van der Waals surface area contributed by atoms with E-state index in [1.165, 1.54) is 12.5 Å². The summed E-state index contributed by atoms with van der Waals surface area (Å²) >= 11 is 0. The first-order valence-electron chi connectivity index (χ1n) is 12.6. The molecule has 7 rings (SSSR count). The van der Waals surface area contributed by atoms with E-state index < -0.39 is 6.23 Å². The molecule has 1 aliphatic rings. The van der Waals surface area contributed by atoms with Crippen molar-refractivity contribution in [3.8, 4) is 33.8 Å². The molecule has 0 amide bonds. The van der Waals surface area contributed by atoms with Crippen LogP contribution < -0.4 is 5.32 Å². The smallest absolute Gasteiger partial charge is 0.178 e. The SMILES string of the molecule is OC(Nc1cncc(-c2ccc3[nH]nc(-c4nc5nccc(-c6ccccc6F)c5[nH]4)c3c2)c1)C1CCC1. The van der Waals surface area contributed by atoms with E-state index in [0.29, 0.717) is 39.7 Å². The van der Waals surface area contributed by atoms with Gasteiger partial charge in [-0.15, -0.1) is 0 Å². The molecule has 1 unspecified atom stereocenters. The topological polar surface area (TPSA) is 115 Å². The zero-order valence-corrected chi connectivity index (χ0v) is 20.3. The number of rotatable bonds is 6. The predicted octanol–water partition coefficient (Wildman–Crippen LogP) is 5.90. The number of fused-ring (bicyclic) bond motifs is 2. The Bertz CT molecular complexity index is 1790. The van der Waals surface area contributed by atoms with Crippen LogP contribution in [0.1, 0.15) is 19.3 Å². The molecule has 4 heterocycles. The fraction of sp³-hybridized carbons (Fsp3) is 0.172. The van der Waals surface area contributed by atoms with Crippen molar-refractivity contribution in [3.05, 3.63) is 79.0 Å². The van der Waals surface area contributed by atoms with Crippen LogP contribution in [0.3, 0.4) is 0 Å². The number of nitrogens with zero attached hydrogens (tertiary/aromatic N) is 4. The summed E-state index contributed by atoms with van der Waals surface area (Å²) < 4.78 is 14.6. The molecule has 4 N–H and O–H groups in total. The maximum atomic E-state index is 14.6.